The molecule has 3 atom stereocenters. The van der Waals surface area contributed by atoms with Crippen molar-refractivity contribution in [1.29, 1.82) is 0 Å². The maximum atomic E-state index is 12.9. The van der Waals surface area contributed by atoms with Crippen LogP contribution in [0.1, 0.15) is 15.9 Å². The molecule has 0 spiro atoms. The quantitative estimate of drug-likeness (QED) is 0.612. The van der Waals surface area contributed by atoms with E-state index in [2.05, 4.69) is 10.6 Å². The van der Waals surface area contributed by atoms with Gasteiger partial charge in [0.25, 0.3) is 5.91 Å². The van der Waals surface area contributed by atoms with E-state index >= 15 is 0 Å². The van der Waals surface area contributed by atoms with Crippen molar-refractivity contribution >= 4 is 15.7 Å². The number of sulfone groups is 1. The molecule has 29 heavy (non-hydrogen) atoms. The fourth-order valence-electron chi connectivity index (χ4n) is 3.04. The van der Waals surface area contributed by atoms with Gasteiger partial charge in [0.1, 0.15) is 11.9 Å². The summed E-state index contributed by atoms with van der Waals surface area (Å²) in [5.74, 6) is -0.792. The molecule has 3 unspecified atom stereocenters. The monoisotopic (exact) mass is 422 g/mol. The van der Waals surface area contributed by atoms with Gasteiger partial charge in [-0.05, 0) is 42.0 Å². The van der Waals surface area contributed by atoms with Crippen molar-refractivity contribution in [3.05, 3.63) is 65.5 Å². The summed E-state index contributed by atoms with van der Waals surface area (Å²) in [6.45, 7) is 0.835. The molecule has 2 aromatic rings. The third-order valence-corrected chi connectivity index (χ3v) is 5.90. The Morgan fingerprint density at radius 3 is 2.45 bits per heavy atom. The third-order valence-electron chi connectivity index (χ3n) is 4.77. The van der Waals surface area contributed by atoms with Crippen LogP contribution in [0, 0.1) is 5.82 Å². The number of benzene rings is 2. The number of hydrogen-bond acceptors (Lipinski definition) is 6. The molecule has 0 saturated carbocycles. The van der Waals surface area contributed by atoms with Gasteiger partial charge in [0.2, 0.25) is 0 Å². The first kappa shape index (κ1) is 21.4. The number of rotatable bonds is 7. The summed E-state index contributed by atoms with van der Waals surface area (Å²) in [6, 6.07) is 11.4. The molecule has 9 heteroatoms. The summed E-state index contributed by atoms with van der Waals surface area (Å²) in [5, 5.41) is 16.3. The summed E-state index contributed by atoms with van der Waals surface area (Å²) in [4.78, 5) is 12.3. The highest BCUT2D eigenvalue weighted by molar-refractivity contribution is 7.90. The zero-order chi connectivity index (χ0) is 21.0. The van der Waals surface area contributed by atoms with Gasteiger partial charge in [-0.1, -0.05) is 12.1 Å². The molecule has 1 heterocycles. The number of carbonyl (C=O) groups excluding carboxylic acids is 1. The summed E-state index contributed by atoms with van der Waals surface area (Å²) >= 11 is 0. The van der Waals surface area contributed by atoms with Crippen LogP contribution in [0.3, 0.4) is 0 Å². The minimum atomic E-state index is -3.24. The van der Waals surface area contributed by atoms with Crippen molar-refractivity contribution in [2.24, 2.45) is 0 Å². The van der Waals surface area contributed by atoms with Gasteiger partial charge in [-0.2, -0.15) is 0 Å². The molecule has 1 aliphatic rings. The summed E-state index contributed by atoms with van der Waals surface area (Å²) < 4.78 is 41.5. The number of aliphatic hydroxyl groups is 1. The fraction of sp³-hybridized carbons (Fsp3) is 0.350. The Morgan fingerprint density at radius 1 is 1.17 bits per heavy atom. The van der Waals surface area contributed by atoms with Gasteiger partial charge in [-0.25, -0.2) is 12.8 Å². The topological polar surface area (TPSA) is 105 Å². The average Bonchev–Trinajstić information content (AvgIpc) is 3.04. The van der Waals surface area contributed by atoms with Crippen LogP contribution in [0.2, 0.25) is 0 Å². The zero-order valence-electron chi connectivity index (χ0n) is 15.8. The van der Waals surface area contributed by atoms with Gasteiger partial charge in [0.05, 0.1) is 23.6 Å². The van der Waals surface area contributed by atoms with Crippen LogP contribution < -0.4 is 10.6 Å². The van der Waals surface area contributed by atoms with Crippen LogP contribution in [0.4, 0.5) is 4.39 Å². The second-order valence-corrected chi connectivity index (χ2v) is 9.00. The van der Waals surface area contributed by atoms with E-state index in [1.807, 2.05) is 0 Å². The SMILES string of the molecule is CS(=O)(=O)c1ccc(CNC2COC(CNC(=O)c3ccc(F)cc3)C2O)cc1. The predicted octanol–water partition coefficient (Wildman–Crippen LogP) is 0.877. The van der Waals surface area contributed by atoms with Crippen molar-refractivity contribution in [2.45, 2.75) is 29.7 Å². The van der Waals surface area contributed by atoms with Gasteiger partial charge in [-0.15, -0.1) is 0 Å². The zero-order valence-corrected chi connectivity index (χ0v) is 16.7. The van der Waals surface area contributed by atoms with Crippen LogP contribution in [0.5, 0.6) is 0 Å². The summed E-state index contributed by atoms with van der Waals surface area (Å²) in [6.07, 6.45) is -0.232. The van der Waals surface area contributed by atoms with E-state index < -0.39 is 27.9 Å². The minimum absolute atomic E-state index is 0.124. The van der Waals surface area contributed by atoms with Crippen LogP contribution >= 0.6 is 0 Å². The molecule has 1 saturated heterocycles. The van der Waals surface area contributed by atoms with E-state index in [9.17, 15) is 22.7 Å². The first-order chi connectivity index (χ1) is 13.7. The maximum Gasteiger partial charge on any atom is 0.251 e. The second-order valence-electron chi connectivity index (χ2n) is 6.98. The molecule has 2 aromatic carbocycles. The molecular formula is C20H23FN2O5S. The molecule has 0 aliphatic carbocycles. The Morgan fingerprint density at radius 2 is 1.83 bits per heavy atom. The van der Waals surface area contributed by atoms with E-state index in [4.69, 9.17) is 4.74 Å². The van der Waals surface area contributed by atoms with Crippen LogP contribution in [-0.4, -0.2) is 57.1 Å². The standard InChI is InChI=1S/C20H23FN2O5S/c1-29(26,27)16-8-2-13(3-9-16)10-22-17-12-28-18(19(17)24)11-23-20(25)14-4-6-15(21)7-5-14/h2-9,17-19,22,24H,10-12H2,1H3,(H,23,25). The lowest BCUT2D eigenvalue weighted by Gasteiger charge is -2.19. The number of aliphatic hydroxyl groups excluding tert-OH is 1. The number of amides is 1. The molecule has 7 nitrogen and oxygen atoms in total. The number of carbonyl (C=O) groups is 1. The van der Waals surface area contributed by atoms with E-state index in [-0.39, 0.29) is 30.0 Å². The van der Waals surface area contributed by atoms with E-state index in [0.717, 1.165) is 11.8 Å². The van der Waals surface area contributed by atoms with Crippen LogP contribution in [-0.2, 0) is 21.1 Å². The minimum Gasteiger partial charge on any atom is -0.389 e. The van der Waals surface area contributed by atoms with Gasteiger partial charge in [-0.3, -0.25) is 4.79 Å². The number of halogens is 1. The number of nitrogens with one attached hydrogen (secondary N) is 2. The highest BCUT2D eigenvalue weighted by atomic mass is 32.2. The molecule has 3 N–H and O–H groups in total. The molecule has 1 fully saturated rings. The molecule has 3 rings (SSSR count). The Bertz CT molecular complexity index is 948. The van der Waals surface area contributed by atoms with E-state index in [1.54, 1.807) is 24.3 Å². The van der Waals surface area contributed by atoms with Crippen molar-refractivity contribution in [3.63, 3.8) is 0 Å². The Kier molecular flexibility index (Phi) is 6.63. The van der Waals surface area contributed by atoms with E-state index in [0.29, 0.717) is 12.1 Å². The Labute approximate surface area is 168 Å². The van der Waals surface area contributed by atoms with Crippen LogP contribution in [0.15, 0.2) is 53.4 Å². The van der Waals surface area contributed by atoms with Crippen molar-refractivity contribution in [1.82, 2.24) is 10.6 Å². The maximum absolute atomic E-state index is 12.9. The van der Waals surface area contributed by atoms with Gasteiger partial charge < -0.3 is 20.5 Å². The van der Waals surface area contributed by atoms with Crippen molar-refractivity contribution < 1.29 is 27.4 Å². The highest BCUT2D eigenvalue weighted by Gasteiger charge is 2.35. The molecular weight excluding hydrogens is 399 g/mol. The Hall–Kier alpha value is -2.33. The molecule has 156 valence electrons. The lowest BCUT2D eigenvalue weighted by Crippen LogP contribution is -2.44. The molecule has 0 bridgehead atoms. The molecule has 1 aliphatic heterocycles. The van der Waals surface area contributed by atoms with E-state index in [1.165, 1.54) is 24.3 Å². The van der Waals surface area contributed by atoms with Gasteiger partial charge in [0.15, 0.2) is 9.84 Å². The fourth-order valence-corrected chi connectivity index (χ4v) is 3.67. The van der Waals surface area contributed by atoms with Crippen molar-refractivity contribution in [2.75, 3.05) is 19.4 Å². The molecule has 0 aromatic heterocycles. The lowest BCUT2D eigenvalue weighted by molar-refractivity contribution is 0.0398. The molecule has 1 amide bonds. The summed E-state index contributed by atoms with van der Waals surface area (Å²) in [7, 11) is -3.24. The normalized spacial score (nSPS) is 21.8. The number of hydrogen-bond donors (Lipinski definition) is 3. The van der Waals surface area contributed by atoms with Gasteiger partial charge >= 0.3 is 0 Å². The first-order valence-corrected chi connectivity index (χ1v) is 11.0. The first-order valence-electron chi connectivity index (χ1n) is 9.10. The highest BCUT2D eigenvalue weighted by Crippen LogP contribution is 2.16. The van der Waals surface area contributed by atoms with Crippen molar-refractivity contribution in [3.8, 4) is 0 Å². The largest absolute Gasteiger partial charge is 0.389 e. The Balaban J connectivity index is 1.47. The van der Waals surface area contributed by atoms with Crippen LogP contribution in [0.25, 0.3) is 0 Å². The lowest BCUT2D eigenvalue weighted by atomic mass is 10.1. The summed E-state index contributed by atoms with van der Waals surface area (Å²) in [5.41, 5.74) is 1.20. The predicted molar refractivity (Wildman–Crippen MR) is 105 cm³/mol. The third kappa shape index (κ3) is 5.60. The number of ether oxygens (including phenoxy) is 1. The molecule has 0 radical (unpaired) electrons. The van der Waals surface area contributed by atoms with Gasteiger partial charge in [0, 0.05) is 24.9 Å². The average molecular weight is 422 g/mol. The second kappa shape index (κ2) is 9.00. The smallest absolute Gasteiger partial charge is 0.251 e.